The molecule has 130 valence electrons. The first-order valence-electron chi connectivity index (χ1n) is 7.25. The standard InChI is InChI=1S/C15H23ClN2O4S/c1-11(2)17-15(19)6-5-9-18(23(4,20)21)12-7-8-14(22-3)13(16)10-12/h7-8,10-11H,5-6,9H2,1-4H3,(H,17,19). The average Bonchev–Trinajstić information content (AvgIpc) is 2.41. The topological polar surface area (TPSA) is 75.7 Å². The van der Waals surface area contributed by atoms with Gasteiger partial charge in [-0.05, 0) is 38.5 Å². The molecular formula is C15H23ClN2O4S. The Morgan fingerprint density at radius 1 is 1.39 bits per heavy atom. The molecule has 1 N–H and O–H groups in total. The molecule has 1 aromatic carbocycles. The van der Waals surface area contributed by atoms with Crippen LogP contribution in [0.2, 0.25) is 5.02 Å². The Bertz CT molecular complexity index is 647. The smallest absolute Gasteiger partial charge is 0.232 e. The number of amides is 1. The largest absolute Gasteiger partial charge is 0.495 e. The molecule has 0 saturated carbocycles. The molecule has 0 aliphatic carbocycles. The number of halogens is 1. The SMILES string of the molecule is COc1ccc(N(CCCC(=O)NC(C)C)S(C)(=O)=O)cc1Cl. The summed E-state index contributed by atoms with van der Waals surface area (Å²) < 4.78 is 30.3. The first kappa shape index (κ1) is 19.6. The lowest BCUT2D eigenvalue weighted by Crippen LogP contribution is -2.33. The van der Waals surface area contributed by atoms with Gasteiger partial charge in [-0.15, -0.1) is 0 Å². The van der Waals surface area contributed by atoms with Crippen LogP contribution in [-0.4, -0.2) is 40.3 Å². The number of methoxy groups -OCH3 is 1. The van der Waals surface area contributed by atoms with Crippen LogP contribution >= 0.6 is 11.6 Å². The van der Waals surface area contributed by atoms with E-state index in [1.54, 1.807) is 12.1 Å². The van der Waals surface area contributed by atoms with Gasteiger partial charge in [-0.2, -0.15) is 0 Å². The highest BCUT2D eigenvalue weighted by molar-refractivity contribution is 7.92. The maximum Gasteiger partial charge on any atom is 0.232 e. The third kappa shape index (κ3) is 6.27. The Morgan fingerprint density at radius 2 is 2.04 bits per heavy atom. The van der Waals surface area contributed by atoms with E-state index in [2.05, 4.69) is 5.32 Å². The number of benzene rings is 1. The molecule has 0 saturated heterocycles. The van der Waals surface area contributed by atoms with E-state index in [1.165, 1.54) is 17.5 Å². The van der Waals surface area contributed by atoms with Gasteiger partial charge in [0.25, 0.3) is 0 Å². The highest BCUT2D eigenvalue weighted by Crippen LogP contribution is 2.30. The molecule has 8 heteroatoms. The first-order valence-corrected chi connectivity index (χ1v) is 9.48. The van der Waals surface area contributed by atoms with Crippen LogP contribution in [0.4, 0.5) is 5.69 Å². The number of hydrogen-bond donors (Lipinski definition) is 1. The predicted octanol–water partition coefficient (Wildman–Crippen LogP) is 2.42. The molecule has 1 aromatic rings. The van der Waals surface area contributed by atoms with Gasteiger partial charge in [-0.1, -0.05) is 11.6 Å². The Kier molecular flexibility index (Phi) is 7.15. The van der Waals surface area contributed by atoms with Crippen LogP contribution in [0.1, 0.15) is 26.7 Å². The molecule has 6 nitrogen and oxygen atoms in total. The first-order chi connectivity index (χ1) is 10.6. The summed E-state index contributed by atoms with van der Waals surface area (Å²) in [6.07, 6.45) is 1.79. The summed E-state index contributed by atoms with van der Waals surface area (Å²) in [4.78, 5) is 11.6. The number of nitrogens with zero attached hydrogens (tertiary/aromatic N) is 1. The number of nitrogens with one attached hydrogen (secondary N) is 1. The van der Waals surface area contributed by atoms with Crippen LogP contribution in [0.3, 0.4) is 0 Å². The van der Waals surface area contributed by atoms with Crippen molar-refractivity contribution in [3.63, 3.8) is 0 Å². The summed E-state index contributed by atoms with van der Waals surface area (Å²) in [6.45, 7) is 3.95. The second kappa shape index (κ2) is 8.40. The lowest BCUT2D eigenvalue weighted by atomic mass is 10.2. The third-order valence-corrected chi connectivity index (χ3v) is 4.53. The van der Waals surface area contributed by atoms with Gasteiger partial charge in [0, 0.05) is 19.0 Å². The molecule has 1 amide bonds. The lowest BCUT2D eigenvalue weighted by molar-refractivity contribution is -0.121. The fourth-order valence-electron chi connectivity index (χ4n) is 2.07. The Hall–Kier alpha value is -1.47. The molecule has 0 aromatic heterocycles. The molecule has 0 bridgehead atoms. The minimum absolute atomic E-state index is 0.0638. The van der Waals surface area contributed by atoms with Crippen molar-refractivity contribution in [1.82, 2.24) is 5.32 Å². The number of sulfonamides is 1. The van der Waals surface area contributed by atoms with Crippen molar-refractivity contribution >= 4 is 33.2 Å². The van der Waals surface area contributed by atoms with Crippen molar-refractivity contribution in [2.75, 3.05) is 24.2 Å². The Morgan fingerprint density at radius 3 is 2.52 bits per heavy atom. The van der Waals surface area contributed by atoms with Crippen molar-refractivity contribution < 1.29 is 17.9 Å². The summed E-state index contributed by atoms with van der Waals surface area (Å²) in [5.41, 5.74) is 0.447. The van der Waals surface area contributed by atoms with Gasteiger partial charge >= 0.3 is 0 Å². The molecule has 0 aliphatic rings. The van der Waals surface area contributed by atoms with Crippen LogP contribution in [0.25, 0.3) is 0 Å². The summed E-state index contributed by atoms with van der Waals surface area (Å²) in [5.74, 6) is 0.376. The molecule has 23 heavy (non-hydrogen) atoms. The van der Waals surface area contributed by atoms with E-state index < -0.39 is 10.0 Å². The molecule has 0 aliphatic heterocycles. The van der Waals surface area contributed by atoms with Crippen molar-refractivity contribution in [1.29, 1.82) is 0 Å². The van der Waals surface area contributed by atoms with Crippen LogP contribution in [-0.2, 0) is 14.8 Å². The number of rotatable bonds is 8. The monoisotopic (exact) mass is 362 g/mol. The van der Waals surface area contributed by atoms with E-state index in [4.69, 9.17) is 16.3 Å². The van der Waals surface area contributed by atoms with Crippen LogP contribution in [0.15, 0.2) is 18.2 Å². The molecular weight excluding hydrogens is 340 g/mol. The summed E-state index contributed by atoms with van der Waals surface area (Å²) in [7, 11) is -1.98. The van der Waals surface area contributed by atoms with Crippen LogP contribution in [0.5, 0.6) is 5.75 Å². The quantitative estimate of drug-likeness (QED) is 0.770. The predicted molar refractivity (Wildman–Crippen MR) is 92.7 cm³/mol. The van der Waals surface area contributed by atoms with Crippen molar-refractivity contribution in [3.05, 3.63) is 23.2 Å². The van der Waals surface area contributed by atoms with Gasteiger partial charge in [0.15, 0.2) is 0 Å². The van der Waals surface area contributed by atoms with Crippen molar-refractivity contribution in [2.45, 2.75) is 32.7 Å². The van der Waals surface area contributed by atoms with Gasteiger partial charge in [0.1, 0.15) is 5.75 Å². The van der Waals surface area contributed by atoms with Gasteiger partial charge in [0.05, 0.1) is 24.1 Å². The number of hydrogen-bond acceptors (Lipinski definition) is 4. The normalized spacial score (nSPS) is 11.4. The van der Waals surface area contributed by atoms with Gasteiger partial charge in [-0.3, -0.25) is 9.10 Å². The van der Waals surface area contributed by atoms with E-state index in [0.717, 1.165) is 6.26 Å². The minimum Gasteiger partial charge on any atom is -0.495 e. The molecule has 0 unspecified atom stereocenters. The maximum absolute atomic E-state index is 12.0. The average molecular weight is 363 g/mol. The highest BCUT2D eigenvalue weighted by atomic mass is 35.5. The van der Waals surface area contributed by atoms with Crippen molar-refractivity contribution in [3.8, 4) is 5.75 Å². The van der Waals surface area contributed by atoms with E-state index in [0.29, 0.717) is 22.9 Å². The molecule has 0 radical (unpaired) electrons. The van der Waals surface area contributed by atoms with E-state index >= 15 is 0 Å². The summed E-state index contributed by atoms with van der Waals surface area (Å²) in [6, 6.07) is 4.84. The zero-order valence-electron chi connectivity index (χ0n) is 13.8. The molecule has 1 rings (SSSR count). The zero-order chi connectivity index (χ0) is 17.6. The van der Waals surface area contributed by atoms with Crippen molar-refractivity contribution in [2.24, 2.45) is 0 Å². The molecule has 0 spiro atoms. The molecule has 0 heterocycles. The number of anilines is 1. The number of carbonyl (C=O) groups excluding carboxylic acids is 1. The molecule has 0 atom stereocenters. The van der Waals surface area contributed by atoms with Gasteiger partial charge in [-0.25, -0.2) is 8.42 Å². The summed E-state index contributed by atoms with van der Waals surface area (Å²) >= 11 is 6.05. The second-order valence-electron chi connectivity index (χ2n) is 5.48. The minimum atomic E-state index is -3.47. The third-order valence-electron chi connectivity index (χ3n) is 3.04. The number of carbonyl (C=O) groups is 1. The van der Waals surface area contributed by atoms with Crippen LogP contribution in [0, 0.1) is 0 Å². The van der Waals surface area contributed by atoms with Crippen LogP contribution < -0.4 is 14.4 Å². The van der Waals surface area contributed by atoms with E-state index in [9.17, 15) is 13.2 Å². The van der Waals surface area contributed by atoms with E-state index in [-0.39, 0.29) is 24.9 Å². The lowest BCUT2D eigenvalue weighted by Gasteiger charge is -2.23. The number of ether oxygens (including phenoxy) is 1. The fraction of sp³-hybridized carbons (Fsp3) is 0.533. The highest BCUT2D eigenvalue weighted by Gasteiger charge is 2.19. The van der Waals surface area contributed by atoms with Gasteiger partial charge in [0.2, 0.25) is 15.9 Å². The second-order valence-corrected chi connectivity index (χ2v) is 7.79. The fourth-order valence-corrected chi connectivity index (χ4v) is 3.28. The Balaban J connectivity index is 2.83. The molecule has 0 fully saturated rings. The zero-order valence-corrected chi connectivity index (χ0v) is 15.4. The summed E-state index contributed by atoms with van der Waals surface area (Å²) in [5, 5.41) is 3.10. The Labute approximate surface area is 142 Å². The van der Waals surface area contributed by atoms with E-state index in [1.807, 2.05) is 13.8 Å². The maximum atomic E-state index is 12.0. The van der Waals surface area contributed by atoms with Gasteiger partial charge < -0.3 is 10.1 Å².